The molecule has 2 aliphatic rings. The van der Waals surface area contributed by atoms with Crippen LogP contribution in [0.1, 0.15) is 45.2 Å². The molecule has 1 aromatic carbocycles. The van der Waals surface area contributed by atoms with Gasteiger partial charge in [0.2, 0.25) is 0 Å². The van der Waals surface area contributed by atoms with Crippen LogP contribution in [-0.2, 0) is 9.59 Å². The van der Waals surface area contributed by atoms with Gasteiger partial charge in [-0.15, -0.1) is 6.58 Å². The van der Waals surface area contributed by atoms with Gasteiger partial charge in [-0.1, -0.05) is 30.7 Å². The molecule has 5 nitrogen and oxygen atoms in total. The van der Waals surface area contributed by atoms with Crippen molar-refractivity contribution in [3.05, 3.63) is 52.6 Å². The lowest BCUT2D eigenvalue weighted by Crippen LogP contribution is -2.53. The maximum absolute atomic E-state index is 12.8. The van der Waals surface area contributed by atoms with E-state index in [9.17, 15) is 9.59 Å². The number of allylic oxidation sites excluding steroid dienone is 1. The summed E-state index contributed by atoms with van der Waals surface area (Å²) in [6.45, 7) is 13.3. The molecule has 0 radical (unpaired) electrons. The molecular formula is C23H26ClN3O2S. The van der Waals surface area contributed by atoms with Gasteiger partial charge in [-0.05, 0) is 68.8 Å². The van der Waals surface area contributed by atoms with Gasteiger partial charge in [0.25, 0.3) is 11.8 Å². The second kappa shape index (κ2) is 8.36. The minimum atomic E-state index is -0.528. The molecule has 1 aromatic rings. The molecule has 0 aliphatic carbocycles. The van der Waals surface area contributed by atoms with Crippen LogP contribution in [0.2, 0.25) is 5.02 Å². The number of rotatable bonds is 5. The van der Waals surface area contributed by atoms with Crippen LogP contribution in [0.25, 0.3) is 11.6 Å². The number of halogens is 1. The van der Waals surface area contributed by atoms with Gasteiger partial charge >= 0.3 is 0 Å². The van der Waals surface area contributed by atoms with Crippen LogP contribution in [0.15, 0.2) is 36.4 Å². The molecule has 0 saturated carbocycles. The number of carbonyl (C=O) groups excluding carboxylic acids is 2. The van der Waals surface area contributed by atoms with Crippen LogP contribution < -0.4 is 10.2 Å². The van der Waals surface area contributed by atoms with Crippen molar-refractivity contribution in [1.82, 2.24) is 10.2 Å². The van der Waals surface area contributed by atoms with E-state index in [0.717, 1.165) is 29.8 Å². The summed E-state index contributed by atoms with van der Waals surface area (Å²) in [6.07, 6.45) is 6.34. The smallest absolute Gasteiger partial charge is 0.265 e. The van der Waals surface area contributed by atoms with Crippen LogP contribution >= 0.6 is 23.8 Å². The summed E-state index contributed by atoms with van der Waals surface area (Å²) in [5.41, 5.74) is 3.72. The van der Waals surface area contributed by atoms with Crippen molar-refractivity contribution in [1.29, 1.82) is 0 Å². The van der Waals surface area contributed by atoms with Crippen molar-refractivity contribution in [2.75, 3.05) is 18.0 Å². The van der Waals surface area contributed by atoms with E-state index in [0.29, 0.717) is 10.6 Å². The number of nitrogens with zero attached hydrogens (tertiary/aromatic N) is 2. The molecule has 2 heterocycles. The van der Waals surface area contributed by atoms with E-state index in [1.54, 1.807) is 6.08 Å². The van der Waals surface area contributed by atoms with E-state index in [1.807, 2.05) is 12.1 Å². The Kier molecular flexibility index (Phi) is 6.20. The van der Waals surface area contributed by atoms with Gasteiger partial charge in [-0.3, -0.25) is 19.8 Å². The van der Waals surface area contributed by atoms with Gasteiger partial charge in [0.15, 0.2) is 5.11 Å². The Morgan fingerprint density at radius 3 is 2.63 bits per heavy atom. The van der Waals surface area contributed by atoms with Gasteiger partial charge < -0.3 is 4.90 Å². The first-order chi connectivity index (χ1) is 14.1. The van der Waals surface area contributed by atoms with Crippen LogP contribution in [0.5, 0.6) is 0 Å². The van der Waals surface area contributed by atoms with Crippen molar-refractivity contribution in [2.24, 2.45) is 0 Å². The van der Waals surface area contributed by atoms with E-state index in [-0.39, 0.29) is 22.8 Å². The van der Waals surface area contributed by atoms with E-state index < -0.39 is 11.8 Å². The molecule has 30 heavy (non-hydrogen) atoms. The van der Waals surface area contributed by atoms with Gasteiger partial charge in [0, 0.05) is 29.4 Å². The normalized spacial score (nSPS) is 19.6. The average Bonchev–Trinajstić information content (AvgIpc) is 2.65. The van der Waals surface area contributed by atoms with Crippen molar-refractivity contribution in [2.45, 2.75) is 39.7 Å². The fraction of sp³-hybridized carbons (Fsp3) is 0.348. The molecule has 0 bridgehead atoms. The third-order valence-electron chi connectivity index (χ3n) is 5.34. The minimum Gasteiger partial charge on any atom is -0.362 e. The summed E-state index contributed by atoms with van der Waals surface area (Å²) in [5.74, 6) is -0.987. The molecule has 0 spiro atoms. The first kappa shape index (κ1) is 22.2. The highest BCUT2D eigenvalue weighted by atomic mass is 35.5. The van der Waals surface area contributed by atoms with Crippen LogP contribution in [-0.4, -0.2) is 40.5 Å². The van der Waals surface area contributed by atoms with Gasteiger partial charge in [-0.25, -0.2) is 0 Å². The first-order valence-corrected chi connectivity index (χ1v) is 10.7. The highest BCUT2D eigenvalue weighted by molar-refractivity contribution is 7.80. The number of hydrogen-bond acceptors (Lipinski definition) is 4. The van der Waals surface area contributed by atoms with Crippen molar-refractivity contribution in [3.8, 4) is 0 Å². The second-order valence-corrected chi connectivity index (χ2v) is 8.84. The number of anilines is 1. The zero-order valence-corrected chi connectivity index (χ0v) is 19.3. The number of benzene rings is 1. The highest BCUT2D eigenvalue weighted by Crippen LogP contribution is 2.42. The number of fused-ring (bicyclic) bond motifs is 1. The monoisotopic (exact) mass is 443 g/mol. The van der Waals surface area contributed by atoms with Crippen LogP contribution in [0.4, 0.5) is 5.69 Å². The Labute approximate surface area is 188 Å². The Hall–Kier alpha value is -2.44. The lowest BCUT2D eigenvalue weighted by molar-refractivity contribution is -0.128. The molecule has 0 atom stereocenters. The number of amides is 2. The van der Waals surface area contributed by atoms with Gasteiger partial charge in [0.1, 0.15) is 5.57 Å². The molecule has 158 valence electrons. The summed E-state index contributed by atoms with van der Waals surface area (Å²) in [5, 5.41) is 3.12. The molecule has 0 aromatic heterocycles. The van der Waals surface area contributed by atoms with E-state index in [4.69, 9.17) is 23.8 Å². The largest absolute Gasteiger partial charge is 0.362 e. The molecule has 0 unspecified atom stereocenters. The summed E-state index contributed by atoms with van der Waals surface area (Å²) in [4.78, 5) is 28.9. The predicted molar refractivity (Wildman–Crippen MR) is 127 cm³/mol. The molecule has 1 fully saturated rings. The fourth-order valence-corrected chi connectivity index (χ4v) is 4.46. The van der Waals surface area contributed by atoms with Gasteiger partial charge in [0.05, 0.1) is 5.54 Å². The SMILES string of the molecule is C=CCN1C(=O)/C(=C/c2cc3c(cc2Cl)N(CCC)C(C)(C)C=C3C)C(=O)NC1=S. The molecule has 2 amide bonds. The van der Waals surface area contributed by atoms with Crippen molar-refractivity contribution < 1.29 is 9.59 Å². The summed E-state index contributed by atoms with van der Waals surface area (Å²) in [7, 11) is 0. The molecule has 1 saturated heterocycles. The Balaban J connectivity index is 2.10. The molecular weight excluding hydrogens is 418 g/mol. The summed E-state index contributed by atoms with van der Waals surface area (Å²) < 4.78 is 0. The van der Waals surface area contributed by atoms with E-state index in [1.165, 1.54) is 11.0 Å². The lowest BCUT2D eigenvalue weighted by Gasteiger charge is -2.43. The highest BCUT2D eigenvalue weighted by Gasteiger charge is 2.34. The Bertz CT molecular complexity index is 1010. The standard InChI is InChI=1S/C23H26ClN3O2S/c1-6-8-26-21(29)17(20(28)25-22(26)30)11-15-10-16-14(3)13-23(4,5)27(9-7-2)19(16)12-18(15)24/h6,10-13H,1,7-9H2,2-5H3,(H,25,28,30)/b17-11+. The zero-order valence-electron chi connectivity index (χ0n) is 17.7. The Morgan fingerprint density at radius 1 is 1.30 bits per heavy atom. The number of nitrogens with one attached hydrogen (secondary N) is 1. The summed E-state index contributed by atoms with van der Waals surface area (Å²) in [6, 6.07) is 3.87. The molecule has 3 rings (SSSR count). The second-order valence-electron chi connectivity index (χ2n) is 8.05. The maximum Gasteiger partial charge on any atom is 0.265 e. The predicted octanol–water partition coefficient (Wildman–Crippen LogP) is 4.56. The maximum atomic E-state index is 12.8. The molecule has 2 aliphatic heterocycles. The summed E-state index contributed by atoms with van der Waals surface area (Å²) >= 11 is 11.7. The topological polar surface area (TPSA) is 52.7 Å². The van der Waals surface area contributed by atoms with Crippen molar-refractivity contribution in [3.63, 3.8) is 0 Å². The number of carbonyl (C=O) groups is 2. The third-order valence-corrected chi connectivity index (χ3v) is 5.99. The minimum absolute atomic E-state index is 0.00418. The van der Waals surface area contributed by atoms with E-state index in [2.05, 4.69) is 50.6 Å². The first-order valence-electron chi connectivity index (χ1n) is 9.91. The average molecular weight is 444 g/mol. The quantitative estimate of drug-likeness (QED) is 0.313. The lowest BCUT2D eigenvalue weighted by atomic mass is 9.87. The number of hydrogen-bond donors (Lipinski definition) is 1. The van der Waals surface area contributed by atoms with E-state index >= 15 is 0 Å². The third kappa shape index (κ3) is 3.94. The van der Waals surface area contributed by atoms with Crippen LogP contribution in [0, 0.1) is 0 Å². The van der Waals surface area contributed by atoms with Gasteiger partial charge in [-0.2, -0.15) is 0 Å². The Morgan fingerprint density at radius 2 is 2.00 bits per heavy atom. The zero-order chi connectivity index (χ0) is 22.2. The fourth-order valence-electron chi connectivity index (χ4n) is 4.00. The molecule has 7 heteroatoms. The van der Waals surface area contributed by atoms with Crippen molar-refractivity contribution >= 4 is 58.1 Å². The molecule has 1 N–H and O–H groups in total. The van der Waals surface area contributed by atoms with Crippen LogP contribution in [0.3, 0.4) is 0 Å². The number of thiocarbonyl (C=S) groups is 1.